The van der Waals surface area contributed by atoms with Crippen molar-refractivity contribution in [2.45, 2.75) is 419 Å². The number of rotatable bonds is 76. The van der Waals surface area contributed by atoms with E-state index in [9.17, 15) is 43.2 Å². The Hall–Kier alpha value is -1.94. The van der Waals surface area contributed by atoms with Gasteiger partial charge in [-0.1, -0.05) is 349 Å². The summed E-state index contributed by atoms with van der Waals surface area (Å²) in [6, 6.07) is 0. The number of aliphatic hydroxyl groups is 1. The second kappa shape index (κ2) is 69.2. The Morgan fingerprint density at radius 1 is 0.284 bits per heavy atom. The number of ether oxygens (including phenoxy) is 4. The Morgan fingerprint density at radius 3 is 0.716 bits per heavy atom. The zero-order valence-electron chi connectivity index (χ0n) is 61.8. The summed E-state index contributed by atoms with van der Waals surface area (Å²) in [6.45, 7) is 7.29. The van der Waals surface area contributed by atoms with Gasteiger partial charge in [-0.25, -0.2) is 9.13 Å². The van der Waals surface area contributed by atoms with Gasteiger partial charge >= 0.3 is 39.5 Å². The number of carbonyl (C=O) groups is 4. The van der Waals surface area contributed by atoms with Crippen molar-refractivity contribution in [2.75, 3.05) is 39.6 Å². The van der Waals surface area contributed by atoms with Gasteiger partial charge in [-0.05, 0) is 31.6 Å². The van der Waals surface area contributed by atoms with E-state index in [1.54, 1.807) is 0 Å². The van der Waals surface area contributed by atoms with Gasteiger partial charge in [0, 0.05) is 25.7 Å². The van der Waals surface area contributed by atoms with E-state index in [0.29, 0.717) is 25.7 Å². The van der Waals surface area contributed by atoms with E-state index >= 15 is 0 Å². The molecule has 5 atom stereocenters. The van der Waals surface area contributed by atoms with Crippen molar-refractivity contribution >= 4 is 39.5 Å². The molecule has 0 aromatic heterocycles. The van der Waals surface area contributed by atoms with Gasteiger partial charge in [0.05, 0.1) is 26.4 Å². The summed E-state index contributed by atoms with van der Waals surface area (Å²) in [4.78, 5) is 72.8. The Labute approximate surface area is 581 Å². The Bertz CT molecular complexity index is 1820. The minimum atomic E-state index is -4.96. The molecule has 95 heavy (non-hydrogen) atoms. The average Bonchev–Trinajstić information content (AvgIpc) is 1.89. The van der Waals surface area contributed by atoms with Gasteiger partial charge in [-0.3, -0.25) is 37.3 Å². The standard InChI is InChI=1S/C76H148O17P2/c1-6-9-12-15-18-21-23-25-27-29-31-35-40-45-50-55-60-74(79)87-66-72(93-75(80)61-56-51-46-41-36-32-30-28-26-24-22-19-16-13-10-7-2)68-91-95(84,85)89-64-70(77)63-88-94(82,83)90-67-71(65-86-73(78)59-54-49-44-38-20-17-14-11-8-3)92-76(81)62-57-52-47-42-37-33-34-39-43-48-53-58-69(4)5/h69-72,77H,6-68H2,1-5H3,(H,82,83)(H,84,85)/t70-,71+,72+/m0/s1. The predicted molar refractivity (Wildman–Crippen MR) is 386 cm³/mol. The molecule has 564 valence electrons. The fraction of sp³-hybridized carbons (Fsp3) is 0.947. The van der Waals surface area contributed by atoms with E-state index in [2.05, 4.69) is 34.6 Å². The number of hydrogen-bond acceptors (Lipinski definition) is 15. The molecule has 0 aliphatic rings. The summed E-state index contributed by atoms with van der Waals surface area (Å²) in [5.74, 6) is -1.35. The third-order valence-electron chi connectivity index (χ3n) is 17.8. The molecule has 0 heterocycles. The molecular weight excluding hydrogens is 1250 g/mol. The molecule has 19 heteroatoms. The summed E-state index contributed by atoms with van der Waals surface area (Å²) in [6.07, 6.45) is 58.2. The first-order chi connectivity index (χ1) is 46.0. The van der Waals surface area contributed by atoms with Gasteiger partial charge in [0.15, 0.2) is 12.2 Å². The predicted octanol–water partition coefficient (Wildman–Crippen LogP) is 22.5. The normalized spacial score (nSPS) is 13.9. The zero-order valence-corrected chi connectivity index (χ0v) is 63.6. The molecule has 0 amide bonds. The van der Waals surface area contributed by atoms with Crippen LogP contribution in [0, 0.1) is 5.92 Å². The van der Waals surface area contributed by atoms with Crippen LogP contribution >= 0.6 is 15.6 Å². The highest BCUT2D eigenvalue weighted by Gasteiger charge is 2.30. The van der Waals surface area contributed by atoms with Crippen LogP contribution < -0.4 is 0 Å². The maximum atomic E-state index is 13.1. The number of esters is 4. The van der Waals surface area contributed by atoms with Crippen LogP contribution in [0.1, 0.15) is 401 Å². The van der Waals surface area contributed by atoms with Gasteiger partial charge in [-0.15, -0.1) is 0 Å². The summed E-state index contributed by atoms with van der Waals surface area (Å²) in [7, 11) is -9.91. The second-order valence-electron chi connectivity index (χ2n) is 27.9. The highest BCUT2D eigenvalue weighted by Crippen LogP contribution is 2.45. The van der Waals surface area contributed by atoms with Crippen LogP contribution in [0.2, 0.25) is 0 Å². The van der Waals surface area contributed by atoms with E-state index < -0.39 is 97.5 Å². The van der Waals surface area contributed by atoms with E-state index in [0.717, 1.165) is 95.8 Å². The number of unbranched alkanes of at least 4 members (excludes halogenated alkanes) is 48. The molecule has 3 N–H and O–H groups in total. The highest BCUT2D eigenvalue weighted by atomic mass is 31.2. The number of phosphoric ester groups is 2. The summed E-state index contributed by atoms with van der Waals surface area (Å²) >= 11 is 0. The SMILES string of the molecule is CCCCCCCCCCCCCCCCCCC(=O)OC[C@H](COP(=O)(O)OC[C@@H](O)COP(=O)(O)OC[C@@H](COC(=O)CCCCCCCCCCC)OC(=O)CCCCCCCCCCCCCC(C)C)OC(=O)CCCCCCCCCCCCCCCCCC. The molecule has 0 aromatic carbocycles. The minimum Gasteiger partial charge on any atom is -0.462 e. The van der Waals surface area contributed by atoms with Crippen LogP contribution in [-0.4, -0.2) is 96.7 Å². The first kappa shape index (κ1) is 93.1. The maximum Gasteiger partial charge on any atom is 0.472 e. The van der Waals surface area contributed by atoms with Crippen LogP contribution in [0.15, 0.2) is 0 Å². The van der Waals surface area contributed by atoms with Gasteiger partial charge in [0.1, 0.15) is 19.3 Å². The van der Waals surface area contributed by atoms with Gasteiger partial charge < -0.3 is 33.8 Å². The van der Waals surface area contributed by atoms with Crippen molar-refractivity contribution in [1.82, 2.24) is 0 Å². The zero-order chi connectivity index (χ0) is 69.8. The topological polar surface area (TPSA) is 237 Å². The Kier molecular flexibility index (Phi) is 67.7. The van der Waals surface area contributed by atoms with E-state index in [1.807, 2.05) is 0 Å². The summed E-state index contributed by atoms with van der Waals surface area (Å²) in [5, 5.41) is 10.6. The number of phosphoric acid groups is 2. The van der Waals surface area contributed by atoms with Crippen molar-refractivity contribution in [3.63, 3.8) is 0 Å². The van der Waals surface area contributed by atoms with Crippen LogP contribution in [0.25, 0.3) is 0 Å². The maximum absolute atomic E-state index is 13.1. The molecule has 0 saturated heterocycles. The lowest BCUT2D eigenvalue weighted by Crippen LogP contribution is -2.30. The van der Waals surface area contributed by atoms with Crippen LogP contribution in [0.5, 0.6) is 0 Å². The summed E-state index contributed by atoms with van der Waals surface area (Å²) < 4.78 is 68.5. The molecule has 2 unspecified atom stereocenters. The number of aliphatic hydroxyl groups excluding tert-OH is 1. The molecule has 0 aromatic rings. The molecule has 0 radical (unpaired) electrons. The number of hydrogen-bond donors (Lipinski definition) is 3. The van der Waals surface area contributed by atoms with E-state index in [4.69, 9.17) is 37.0 Å². The quantitative estimate of drug-likeness (QED) is 0.0222. The van der Waals surface area contributed by atoms with Gasteiger partial charge in [0.2, 0.25) is 0 Å². The van der Waals surface area contributed by atoms with Crippen LogP contribution in [-0.2, 0) is 65.4 Å². The lowest BCUT2D eigenvalue weighted by molar-refractivity contribution is -0.161. The van der Waals surface area contributed by atoms with Crippen LogP contribution in [0.4, 0.5) is 0 Å². The van der Waals surface area contributed by atoms with Gasteiger partial charge in [0.25, 0.3) is 0 Å². The second-order valence-corrected chi connectivity index (χ2v) is 30.8. The molecule has 0 fully saturated rings. The van der Waals surface area contributed by atoms with Crippen molar-refractivity contribution in [1.29, 1.82) is 0 Å². The van der Waals surface area contributed by atoms with Gasteiger partial charge in [-0.2, -0.15) is 0 Å². The molecule has 17 nitrogen and oxygen atoms in total. The fourth-order valence-electron chi connectivity index (χ4n) is 11.7. The molecule has 0 aliphatic heterocycles. The third-order valence-corrected chi connectivity index (χ3v) is 19.7. The molecule has 0 spiro atoms. The lowest BCUT2D eigenvalue weighted by Gasteiger charge is -2.21. The monoisotopic (exact) mass is 1400 g/mol. The van der Waals surface area contributed by atoms with E-state index in [1.165, 1.54) is 225 Å². The smallest absolute Gasteiger partial charge is 0.462 e. The largest absolute Gasteiger partial charge is 0.472 e. The van der Waals surface area contributed by atoms with Crippen molar-refractivity contribution in [3.05, 3.63) is 0 Å². The molecular formula is C76H148O17P2. The third kappa shape index (κ3) is 70.3. The first-order valence-electron chi connectivity index (χ1n) is 39.6. The number of carbonyl (C=O) groups excluding carboxylic acids is 4. The Balaban J connectivity index is 5.23. The van der Waals surface area contributed by atoms with Crippen molar-refractivity contribution < 1.29 is 80.2 Å². The lowest BCUT2D eigenvalue weighted by atomic mass is 10.0. The van der Waals surface area contributed by atoms with Crippen molar-refractivity contribution in [3.8, 4) is 0 Å². The average molecular weight is 1400 g/mol. The highest BCUT2D eigenvalue weighted by molar-refractivity contribution is 7.47. The van der Waals surface area contributed by atoms with Crippen LogP contribution in [0.3, 0.4) is 0 Å². The first-order valence-corrected chi connectivity index (χ1v) is 42.6. The molecule has 0 bridgehead atoms. The molecule has 0 aliphatic carbocycles. The Morgan fingerprint density at radius 2 is 0.484 bits per heavy atom. The fourth-order valence-corrected chi connectivity index (χ4v) is 13.3. The minimum absolute atomic E-state index is 0.107. The summed E-state index contributed by atoms with van der Waals surface area (Å²) in [5.41, 5.74) is 0. The molecule has 0 rings (SSSR count). The van der Waals surface area contributed by atoms with E-state index in [-0.39, 0.29) is 25.7 Å². The molecule has 0 saturated carbocycles. The van der Waals surface area contributed by atoms with Crippen molar-refractivity contribution in [2.24, 2.45) is 5.92 Å².